The summed E-state index contributed by atoms with van der Waals surface area (Å²) in [5, 5.41) is 16.0. The molecule has 0 spiro atoms. The van der Waals surface area contributed by atoms with Gasteiger partial charge in [-0.1, -0.05) is 34.8 Å². The lowest BCUT2D eigenvalue weighted by Gasteiger charge is -2.07. The normalized spacial score (nSPS) is 10.8. The molecule has 0 unspecified atom stereocenters. The lowest BCUT2D eigenvalue weighted by molar-refractivity contribution is -0.112. The van der Waals surface area contributed by atoms with Gasteiger partial charge in [-0.15, -0.1) is 0 Å². The Morgan fingerprint density at radius 3 is 2.35 bits per heavy atom. The van der Waals surface area contributed by atoms with Crippen molar-refractivity contribution in [1.29, 1.82) is 5.26 Å². The van der Waals surface area contributed by atoms with Crippen LogP contribution < -0.4 is 10.6 Å². The highest BCUT2D eigenvalue weighted by Gasteiger charge is 2.10. The van der Waals surface area contributed by atoms with E-state index in [0.717, 1.165) is 0 Å². The first-order valence-electron chi connectivity index (χ1n) is 6.38. The molecule has 0 aliphatic rings. The van der Waals surface area contributed by atoms with Crippen LogP contribution in [0.1, 0.15) is 0 Å². The number of nitriles is 1. The number of amides is 1. The first-order chi connectivity index (χ1) is 11.0. The Morgan fingerprint density at radius 1 is 1.04 bits per heavy atom. The number of hydrogen-bond acceptors (Lipinski definition) is 3. The lowest BCUT2D eigenvalue weighted by atomic mass is 10.2. The predicted molar refractivity (Wildman–Crippen MR) is 93.9 cm³/mol. The standard InChI is InChI=1S/C16H10Cl3N3O/c17-11-1-4-13(5-2-11)22-16(23)10(8-20)9-21-15-7-12(18)3-6-14(15)19/h1-7,9,21H,(H,22,23)/b10-9-. The van der Waals surface area contributed by atoms with Gasteiger partial charge in [0.25, 0.3) is 5.91 Å². The molecular weight excluding hydrogens is 357 g/mol. The minimum Gasteiger partial charge on any atom is -0.359 e. The fourth-order valence-corrected chi connectivity index (χ4v) is 2.11. The third-order valence-corrected chi connectivity index (χ3v) is 3.58. The summed E-state index contributed by atoms with van der Waals surface area (Å²) in [5.41, 5.74) is 0.906. The molecule has 7 heteroatoms. The highest BCUT2D eigenvalue weighted by molar-refractivity contribution is 6.35. The van der Waals surface area contributed by atoms with Gasteiger partial charge in [0.2, 0.25) is 0 Å². The second kappa shape index (κ2) is 7.89. The molecule has 4 nitrogen and oxygen atoms in total. The average Bonchev–Trinajstić information content (AvgIpc) is 2.53. The van der Waals surface area contributed by atoms with E-state index in [4.69, 9.17) is 40.1 Å². The van der Waals surface area contributed by atoms with E-state index in [1.165, 1.54) is 6.20 Å². The molecular formula is C16H10Cl3N3O. The minimum atomic E-state index is -0.555. The molecule has 0 aliphatic heterocycles. The SMILES string of the molecule is N#C/C(=C/Nc1cc(Cl)ccc1Cl)C(=O)Nc1ccc(Cl)cc1. The van der Waals surface area contributed by atoms with Crippen molar-refractivity contribution in [2.24, 2.45) is 0 Å². The lowest BCUT2D eigenvalue weighted by Crippen LogP contribution is -2.14. The molecule has 0 saturated heterocycles. The van der Waals surface area contributed by atoms with E-state index in [-0.39, 0.29) is 5.57 Å². The van der Waals surface area contributed by atoms with Gasteiger partial charge in [0, 0.05) is 21.9 Å². The number of carbonyl (C=O) groups is 1. The summed E-state index contributed by atoms with van der Waals surface area (Å²) < 4.78 is 0. The number of nitrogens with zero attached hydrogens (tertiary/aromatic N) is 1. The van der Waals surface area contributed by atoms with Crippen LogP contribution in [0.5, 0.6) is 0 Å². The van der Waals surface area contributed by atoms with Gasteiger partial charge in [0.1, 0.15) is 11.6 Å². The molecule has 0 aromatic heterocycles. The average molecular weight is 367 g/mol. The Hall–Kier alpha value is -2.19. The second-order valence-electron chi connectivity index (χ2n) is 4.40. The van der Waals surface area contributed by atoms with Gasteiger partial charge in [-0.3, -0.25) is 4.79 Å². The van der Waals surface area contributed by atoms with E-state index in [9.17, 15) is 4.79 Å². The third-order valence-electron chi connectivity index (χ3n) is 2.77. The molecule has 0 saturated carbocycles. The van der Waals surface area contributed by atoms with Gasteiger partial charge in [0.05, 0.1) is 10.7 Å². The maximum absolute atomic E-state index is 12.1. The summed E-state index contributed by atoms with van der Waals surface area (Å²) in [6, 6.07) is 13.2. The van der Waals surface area contributed by atoms with E-state index in [1.54, 1.807) is 42.5 Å². The van der Waals surface area contributed by atoms with Crippen LogP contribution in [0.25, 0.3) is 0 Å². The molecule has 1 amide bonds. The summed E-state index contributed by atoms with van der Waals surface area (Å²) in [4.78, 5) is 12.1. The zero-order valence-corrected chi connectivity index (χ0v) is 13.9. The molecule has 0 aliphatic carbocycles. The molecule has 0 radical (unpaired) electrons. The van der Waals surface area contributed by atoms with Gasteiger partial charge in [-0.2, -0.15) is 5.26 Å². The molecule has 2 aromatic rings. The summed E-state index contributed by atoms with van der Waals surface area (Å²) >= 11 is 17.6. The first-order valence-corrected chi connectivity index (χ1v) is 7.52. The first kappa shape index (κ1) is 17.2. The quantitative estimate of drug-likeness (QED) is 0.584. The number of anilines is 2. The Labute approximate surface area is 148 Å². The van der Waals surface area contributed by atoms with Gasteiger partial charge in [-0.25, -0.2) is 0 Å². The van der Waals surface area contributed by atoms with Gasteiger partial charge >= 0.3 is 0 Å². The minimum absolute atomic E-state index is 0.115. The topological polar surface area (TPSA) is 64.9 Å². The molecule has 2 N–H and O–H groups in total. The van der Waals surface area contributed by atoms with Crippen molar-refractivity contribution in [3.63, 3.8) is 0 Å². The van der Waals surface area contributed by atoms with Gasteiger partial charge < -0.3 is 10.6 Å². The fraction of sp³-hybridized carbons (Fsp3) is 0. The van der Waals surface area contributed by atoms with E-state index in [0.29, 0.717) is 26.4 Å². The predicted octanol–water partition coefficient (Wildman–Crippen LogP) is 5.10. The molecule has 0 fully saturated rings. The number of benzene rings is 2. The van der Waals surface area contributed by atoms with Crippen molar-refractivity contribution in [3.05, 3.63) is 69.3 Å². The molecule has 0 atom stereocenters. The molecule has 23 heavy (non-hydrogen) atoms. The van der Waals surface area contributed by atoms with Crippen molar-refractivity contribution >= 4 is 52.1 Å². The summed E-state index contributed by atoms with van der Waals surface area (Å²) in [5.74, 6) is -0.555. The number of hydrogen-bond donors (Lipinski definition) is 2. The van der Waals surface area contributed by atoms with Crippen molar-refractivity contribution in [2.45, 2.75) is 0 Å². The Morgan fingerprint density at radius 2 is 1.70 bits per heavy atom. The maximum atomic E-state index is 12.1. The Bertz CT molecular complexity index is 795. The highest BCUT2D eigenvalue weighted by Crippen LogP contribution is 2.25. The maximum Gasteiger partial charge on any atom is 0.267 e. The van der Waals surface area contributed by atoms with Crippen LogP contribution in [-0.4, -0.2) is 5.91 Å². The number of rotatable bonds is 4. The van der Waals surface area contributed by atoms with Crippen LogP contribution in [-0.2, 0) is 4.79 Å². The van der Waals surface area contributed by atoms with E-state index in [2.05, 4.69) is 10.6 Å². The summed E-state index contributed by atoms with van der Waals surface area (Å²) in [6.45, 7) is 0. The van der Waals surface area contributed by atoms with E-state index < -0.39 is 5.91 Å². The van der Waals surface area contributed by atoms with Crippen molar-refractivity contribution in [1.82, 2.24) is 0 Å². The van der Waals surface area contributed by atoms with Gasteiger partial charge in [0.15, 0.2) is 0 Å². The Balaban J connectivity index is 2.12. The number of carbonyl (C=O) groups excluding carboxylic acids is 1. The van der Waals surface area contributed by atoms with Crippen LogP contribution in [0, 0.1) is 11.3 Å². The van der Waals surface area contributed by atoms with Crippen LogP contribution in [0.3, 0.4) is 0 Å². The molecule has 2 aromatic carbocycles. The largest absolute Gasteiger partial charge is 0.359 e. The van der Waals surface area contributed by atoms with Crippen LogP contribution >= 0.6 is 34.8 Å². The third kappa shape index (κ3) is 4.90. The van der Waals surface area contributed by atoms with Crippen molar-refractivity contribution in [2.75, 3.05) is 10.6 Å². The van der Waals surface area contributed by atoms with Crippen molar-refractivity contribution < 1.29 is 4.79 Å². The molecule has 0 heterocycles. The highest BCUT2D eigenvalue weighted by atomic mass is 35.5. The van der Waals surface area contributed by atoms with E-state index >= 15 is 0 Å². The molecule has 116 valence electrons. The van der Waals surface area contributed by atoms with E-state index in [1.807, 2.05) is 6.07 Å². The Kier molecular flexibility index (Phi) is 5.89. The van der Waals surface area contributed by atoms with Crippen LogP contribution in [0.4, 0.5) is 11.4 Å². The van der Waals surface area contributed by atoms with Crippen LogP contribution in [0.2, 0.25) is 15.1 Å². The second-order valence-corrected chi connectivity index (χ2v) is 5.68. The number of nitrogens with one attached hydrogen (secondary N) is 2. The summed E-state index contributed by atoms with van der Waals surface area (Å²) in [7, 11) is 0. The summed E-state index contributed by atoms with van der Waals surface area (Å²) in [6.07, 6.45) is 1.27. The van der Waals surface area contributed by atoms with Gasteiger partial charge in [-0.05, 0) is 42.5 Å². The monoisotopic (exact) mass is 365 g/mol. The zero-order valence-electron chi connectivity index (χ0n) is 11.6. The zero-order chi connectivity index (χ0) is 16.8. The molecule has 0 bridgehead atoms. The fourth-order valence-electron chi connectivity index (χ4n) is 1.64. The van der Waals surface area contributed by atoms with Crippen molar-refractivity contribution in [3.8, 4) is 6.07 Å². The van der Waals surface area contributed by atoms with Crippen LogP contribution in [0.15, 0.2) is 54.2 Å². The molecule has 2 rings (SSSR count). The smallest absolute Gasteiger partial charge is 0.267 e. The number of halogens is 3.